The van der Waals surface area contributed by atoms with Gasteiger partial charge >= 0.3 is 0 Å². The van der Waals surface area contributed by atoms with Gasteiger partial charge in [-0.05, 0) is 69.3 Å². The molecule has 2 aromatic rings. The van der Waals surface area contributed by atoms with Gasteiger partial charge < -0.3 is 10.1 Å². The number of nitrogens with one attached hydrogen (secondary N) is 1. The largest absolute Gasteiger partial charge is 0.457 e. The third kappa shape index (κ3) is 4.57. The molecule has 1 amide bonds. The van der Waals surface area contributed by atoms with Crippen molar-refractivity contribution in [1.29, 1.82) is 0 Å². The van der Waals surface area contributed by atoms with E-state index < -0.39 is 0 Å². The van der Waals surface area contributed by atoms with E-state index in [-0.39, 0.29) is 5.91 Å². The molecule has 0 aliphatic carbocycles. The number of carbonyl (C=O) groups is 1. The van der Waals surface area contributed by atoms with Crippen LogP contribution in [0.3, 0.4) is 0 Å². The van der Waals surface area contributed by atoms with Gasteiger partial charge in [0.05, 0.1) is 6.54 Å². The van der Waals surface area contributed by atoms with Crippen molar-refractivity contribution in [2.45, 2.75) is 19.8 Å². The Labute approximate surface area is 137 Å². The molecule has 4 heteroatoms. The van der Waals surface area contributed by atoms with Crippen LogP contribution in [-0.2, 0) is 4.79 Å². The highest BCUT2D eigenvalue weighted by Gasteiger charge is 2.14. The van der Waals surface area contributed by atoms with Crippen LogP contribution in [0.15, 0.2) is 48.5 Å². The highest BCUT2D eigenvalue weighted by Crippen LogP contribution is 2.23. The van der Waals surface area contributed by atoms with Crippen LogP contribution in [0.4, 0.5) is 5.69 Å². The molecule has 120 valence electrons. The van der Waals surface area contributed by atoms with Crippen molar-refractivity contribution in [1.82, 2.24) is 4.90 Å². The third-order valence-corrected chi connectivity index (χ3v) is 3.96. The Hall–Kier alpha value is -2.33. The number of benzene rings is 2. The average molecular weight is 310 g/mol. The normalized spacial score (nSPS) is 14.7. The number of anilines is 1. The summed E-state index contributed by atoms with van der Waals surface area (Å²) in [5.41, 5.74) is 2.00. The monoisotopic (exact) mass is 310 g/mol. The Morgan fingerprint density at radius 1 is 1.00 bits per heavy atom. The number of nitrogens with zero attached hydrogens (tertiary/aromatic N) is 1. The second-order valence-electron chi connectivity index (χ2n) is 5.97. The van der Waals surface area contributed by atoms with Gasteiger partial charge in [0.15, 0.2) is 0 Å². The Morgan fingerprint density at radius 3 is 2.17 bits per heavy atom. The molecule has 0 aromatic heterocycles. The van der Waals surface area contributed by atoms with Crippen molar-refractivity contribution in [3.05, 3.63) is 54.1 Å². The zero-order valence-corrected chi connectivity index (χ0v) is 13.4. The van der Waals surface area contributed by atoms with Crippen molar-refractivity contribution in [2.24, 2.45) is 0 Å². The molecule has 1 aliphatic rings. The number of likely N-dealkylation sites (tertiary alicyclic amines) is 1. The van der Waals surface area contributed by atoms with E-state index in [2.05, 4.69) is 10.2 Å². The lowest BCUT2D eigenvalue weighted by Crippen LogP contribution is -2.30. The first-order valence-electron chi connectivity index (χ1n) is 8.06. The zero-order valence-electron chi connectivity index (χ0n) is 13.4. The molecule has 3 rings (SSSR count). The molecule has 0 spiro atoms. The van der Waals surface area contributed by atoms with Crippen molar-refractivity contribution >= 4 is 11.6 Å². The number of hydrogen-bond acceptors (Lipinski definition) is 3. The minimum Gasteiger partial charge on any atom is -0.457 e. The van der Waals surface area contributed by atoms with E-state index in [4.69, 9.17) is 4.74 Å². The summed E-state index contributed by atoms with van der Waals surface area (Å²) in [5, 5.41) is 2.93. The minimum absolute atomic E-state index is 0.0408. The number of amides is 1. The van der Waals surface area contributed by atoms with Crippen molar-refractivity contribution in [2.75, 3.05) is 25.0 Å². The molecule has 4 nitrogen and oxygen atoms in total. The van der Waals surface area contributed by atoms with Gasteiger partial charge in [-0.3, -0.25) is 9.69 Å². The Bertz CT molecular complexity index is 644. The summed E-state index contributed by atoms with van der Waals surface area (Å²) in [4.78, 5) is 14.2. The molecule has 0 atom stereocenters. The van der Waals surface area contributed by atoms with Gasteiger partial charge in [0.25, 0.3) is 0 Å². The standard InChI is InChI=1S/C19H22N2O2/c1-15-4-8-17(9-5-15)23-18-10-6-16(7-11-18)20-19(22)14-21-12-2-3-13-21/h4-11H,2-3,12-14H2,1H3,(H,20,22). The summed E-state index contributed by atoms with van der Waals surface area (Å²) in [5.74, 6) is 1.60. The van der Waals surface area contributed by atoms with Crippen molar-refractivity contribution < 1.29 is 9.53 Å². The van der Waals surface area contributed by atoms with E-state index in [0.29, 0.717) is 6.54 Å². The Kier molecular flexibility index (Phi) is 4.93. The number of ether oxygens (including phenoxy) is 1. The Balaban J connectivity index is 1.54. The predicted molar refractivity (Wildman–Crippen MR) is 92.0 cm³/mol. The van der Waals surface area contributed by atoms with E-state index in [1.54, 1.807) is 0 Å². The van der Waals surface area contributed by atoms with E-state index in [9.17, 15) is 4.79 Å². The number of rotatable bonds is 5. The maximum Gasteiger partial charge on any atom is 0.238 e. The number of aryl methyl sites for hydroxylation is 1. The fraction of sp³-hybridized carbons (Fsp3) is 0.316. The van der Waals surface area contributed by atoms with Crippen LogP contribution in [0.25, 0.3) is 0 Å². The molecular weight excluding hydrogens is 288 g/mol. The van der Waals surface area contributed by atoms with Crippen LogP contribution in [0.2, 0.25) is 0 Å². The quantitative estimate of drug-likeness (QED) is 0.913. The number of carbonyl (C=O) groups excluding carboxylic acids is 1. The van der Waals surface area contributed by atoms with E-state index in [0.717, 1.165) is 30.3 Å². The molecule has 1 aliphatic heterocycles. The second-order valence-corrected chi connectivity index (χ2v) is 5.97. The average Bonchev–Trinajstić information content (AvgIpc) is 3.04. The van der Waals surface area contributed by atoms with Crippen LogP contribution in [-0.4, -0.2) is 30.4 Å². The molecule has 1 N–H and O–H groups in total. The highest BCUT2D eigenvalue weighted by atomic mass is 16.5. The molecule has 1 fully saturated rings. The molecule has 1 heterocycles. The summed E-state index contributed by atoms with van der Waals surface area (Å²) < 4.78 is 5.78. The van der Waals surface area contributed by atoms with Crippen LogP contribution in [0, 0.1) is 6.92 Å². The maximum absolute atomic E-state index is 12.0. The van der Waals surface area contributed by atoms with Gasteiger partial charge in [-0.1, -0.05) is 17.7 Å². The topological polar surface area (TPSA) is 41.6 Å². The molecule has 23 heavy (non-hydrogen) atoms. The lowest BCUT2D eigenvalue weighted by Gasteiger charge is -2.14. The van der Waals surface area contributed by atoms with Crippen LogP contribution < -0.4 is 10.1 Å². The van der Waals surface area contributed by atoms with Crippen molar-refractivity contribution in [3.8, 4) is 11.5 Å². The SMILES string of the molecule is Cc1ccc(Oc2ccc(NC(=O)CN3CCCC3)cc2)cc1. The van der Waals surface area contributed by atoms with Crippen LogP contribution in [0.5, 0.6) is 11.5 Å². The molecule has 1 saturated heterocycles. The summed E-state index contributed by atoms with van der Waals surface area (Å²) in [6.45, 7) is 4.57. The maximum atomic E-state index is 12.0. The predicted octanol–water partition coefficient (Wildman–Crippen LogP) is 3.82. The molecule has 0 saturated carbocycles. The van der Waals surface area contributed by atoms with Crippen LogP contribution >= 0.6 is 0 Å². The first kappa shape index (κ1) is 15.6. The van der Waals surface area contributed by atoms with Gasteiger partial charge in [0, 0.05) is 5.69 Å². The van der Waals surface area contributed by atoms with Crippen molar-refractivity contribution in [3.63, 3.8) is 0 Å². The summed E-state index contributed by atoms with van der Waals surface area (Å²) in [7, 11) is 0. The number of hydrogen-bond donors (Lipinski definition) is 1. The van der Waals surface area contributed by atoms with Gasteiger partial charge in [-0.25, -0.2) is 0 Å². The van der Waals surface area contributed by atoms with Gasteiger partial charge in [-0.15, -0.1) is 0 Å². The van der Waals surface area contributed by atoms with E-state index in [1.165, 1.54) is 18.4 Å². The fourth-order valence-corrected chi connectivity index (χ4v) is 2.69. The lowest BCUT2D eigenvalue weighted by atomic mass is 10.2. The second kappa shape index (κ2) is 7.29. The molecular formula is C19H22N2O2. The third-order valence-electron chi connectivity index (χ3n) is 3.96. The smallest absolute Gasteiger partial charge is 0.238 e. The fourth-order valence-electron chi connectivity index (χ4n) is 2.69. The molecule has 0 radical (unpaired) electrons. The summed E-state index contributed by atoms with van der Waals surface area (Å²) >= 11 is 0. The van der Waals surface area contributed by atoms with Gasteiger partial charge in [-0.2, -0.15) is 0 Å². The summed E-state index contributed by atoms with van der Waals surface area (Å²) in [6.07, 6.45) is 2.39. The van der Waals surface area contributed by atoms with Gasteiger partial charge in [0.1, 0.15) is 11.5 Å². The Morgan fingerprint density at radius 2 is 1.57 bits per heavy atom. The van der Waals surface area contributed by atoms with Gasteiger partial charge in [0.2, 0.25) is 5.91 Å². The minimum atomic E-state index is 0.0408. The lowest BCUT2D eigenvalue weighted by molar-refractivity contribution is -0.117. The van der Waals surface area contributed by atoms with E-state index in [1.807, 2.05) is 55.5 Å². The zero-order chi connectivity index (χ0) is 16.1. The first-order valence-corrected chi connectivity index (χ1v) is 8.06. The molecule has 2 aromatic carbocycles. The molecule has 0 unspecified atom stereocenters. The highest BCUT2D eigenvalue weighted by molar-refractivity contribution is 5.92. The first-order chi connectivity index (χ1) is 11.2. The molecule has 0 bridgehead atoms. The summed E-state index contributed by atoms with van der Waals surface area (Å²) in [6, 6.07) is 15.4. The van der Waals surface area contributed by atoms with Crippen LogP contribution in [0.1, 0.15) is 18.4 Å². The van der Waals surface area contributed by atoms with E-state index >= 15 is 0 Å².